The lowest BCUT2D eigenvalue weighted by Crippen LogP contribution is -2.56. The maximum absolute atomic E-state index is 9.25. The Balaban J connectivity index is 2.25. The van der Waals surface area contributed by atoms with Crippen LogP contribution in [0.15, 0.2) is 0 Å². The Morgan fingerprint density at radius 2 is 1.90 bits per heavy atom. The van der Waals surface area contributed by atoms with Crippen LogP contribution in [0, 0.1) is 11.3 Å². The third-order valence-electron chi connectivity index (χ3n) is 5.08. The fourth-order valence-electron chi connectivity index (χ4n) is 3.35. The number of likely N-dealkylation sites (N-methyl/N-ethyl adjacent to an activating group) is 2. The van der Waals surface area contributed by atoms with Crippen LogP contribution in [0.5, 0.6) is 0 Å². The lowest BCUT2D eigenvalue weighted by molar-refractivity contribution is 0.0274. The third-order valence-corrected chi connectivity index (χ3v) is 5.08. The van der Waals surface area contributed by atoms with Gasteiger partial charge in [-0.05, 0) is 79.7 Å². The summed E-state index contributed by atoms with van der Waals surface area (Å²) in [5.74, 6) is 0. The van der Waals surface area contributed by atoms with Crippen molar-refractivity contribution in [3.8, 4) is 6.07 Å². The van der Waals surface area contributed by atoms with Gasteiger partial charge in [0.05, 0.1) is 6.07 Å². The molecule has 4 nitrogen and oxygen atoms in total. The number of rotatable bonds is 10. The molecule has 0 aromatic heterocycles. The van der Waals surface area contributed by atoms with Gasteiger partial charge in [-0.1, -0.05) is 6.92 Å². The molecule has 1 unspecified atom stereocenters. The predicted molar refractivity (Wildman–Crippen MR) is 89.3 cm³/mol. The maximum Gasteiger partial charge on any atom is 0.103 e. The number of hydrogen-bond acceptors (Lipinski definition) is 4. The molecule has 1 N–H and O–H groups in total. The van der Waals surface area contributed by atoms with Crippen LogP contribution in [0.3, 0.4) is 0 Å². The lowest BCUT2D eigenvalue weighted by Gasteiger charge is -2.49. The second-order valence-corrected chi connectivity index (χ2v) is 7.14. The molecule has 1 aliphatic carbocycles. The fraction of sp³-hybridized carbons (Fsp3) is 0.941. The highest BCUT2D eigenvalue weighted by atomic mass is 15.2. The highest BCUT2D eigenvalue weighted by molar-refractivity contribution is 5.03. The first-order valence-corrected chi connectivity index (χ1v) is 8.40. The summed E-state index contributed by atoms with van der Waals surface area (Å²) in [4.78, 5) is 4.88. The molecule has 0 bridgehead atoms. The van der Waals surface area contributed by atoms with Crippen molar-refractivity contribution >= 4 is 0 Å². The first-order valence-electron chi connectivity index (χ1n) is 8.40. The van der Waals surface area contributed by atoms with E-state index in [4.69, 9.17) is 0 Å². The topological polar surface area (TPSA) is 42.3 Å². The zero-order valence-electron chi connectivity index (χ0n) is 14.7. The molecule has 21 heavy (non-hydrogen) atoms. The van der Waals surface area contributed by atoms with Crippen molar-refractivity contribution in [1.29, 1.82) is 5.26 Å². The van der Waals surface area contributed by atoms with Crippen LogP contribution in [0.25, 0.3) is 0 Å². The van der Waals surface area contributed by atoms with E-state index >= 15 is 0 Å². The van der Waals surface area contributed by atoms with Crippen LogP contribution in [0.4, 0.5) is 0 Å². The quantitative estimate of drug-likeness (QED) is 0.629. The monoisotopic (exact) mass is 294 g/mol. The summed E-state index contributed by atoms with van der Waals surface area (Å²) in [6.45, 7) is 7.22. The Bertz CT molecular complexity index is 343. The summed E-state index contributed by atoms with van der Waals surface area (Å²) < 4.78 is 0. The molecule has 0 radical (unpaired) electrons. The Labute approximate surface area is 131 Å². The minimum absolute atomic E-state index is 0.355. The van der Waals surface area contributed by atoms with Gasteiger partial charge < -0.3 is 9.80 Å². The zero-order chi connectivity index (χ0) is 15.9. The van der Waals surface area contributed by atoms with E-state index in [0.29, 0.717) is 5.54 Å². The van der Waals surface area contributed by atoms with Crippen molar-refractivity contribution in [3.05, 3.63) is 0 Å². The molecule has 1 aliphatic rings. The molecule has 1 saturated carbocycles. The average molecular weight is 294 g/mol. The van der Waals surface area contributed by atoms with E-state index in [0.717, 1.165) is 25.9 Å². The highest BCUT2D eigenvalue weighted by Crippen LogP contribution is 2.36. The van der Waals surface area contributed by atoms with Crippen LogP contribution < -0.4 is 5.32 Å². The smallest absolute Gasteiger partial charge is 0.103 e. The van der Waals surface area contributed by atoms with Crippen LogP contribution in [-0.2, 0) is 0 Å². The van der Waals surface area contributed by atoms with Gasteiger partial charge in [0.1, 0.15) is 5.54 Å². The molecule has 1 rings (SSSR count). The van der Waals surface area contributed by atoms with E-state index in [-0.39, 0.29) is 5.54 Å². The molecular formula is C17H34N4. The van der Waals surface area contributed by atoms with E-state index in [9.17, 15) is 5.26 Å². The second-order valence-electron chi connectivity index (χ2n) is 7.14. The van der Waals surface area contributed by atoms with Crippen molar-refractivity contribution in [3.63, 3.8) is 0 Å². The highest BCUT2D eigenvalue weighted by Gasteiger charge is 2.39. The minimum Gasteiger partial charge on any atom is -0.305 e. The van der Waals surface area contributed by atoms with Crippen molar-refractivity contribution in [2.75, 3.05) is 40.8 Å². The van der Waals surface area contributed by atoms with Crippen LogP contribution >= 0.6 is 0 Å². The molecule has 0 heterocycles. The summed E-state index contributed by atoms with van der Waals surface area (Å²) in [5, 5.41) is 12.5. The molecule has 0 spiro atoms. The Morgan fingerprint density at radius 3 is 2.33 bits per heavy atom. The summed E-state index contributed by atoms with van der Waals surface area (Å²) in [5.41, 5.74) is 0.0613. The largest absolute Gasteiger partial charge is 0.305 e. The Hall–Kier alpha value is -0.630. The Kier molecular flexibility index (Phi) is 7.12. The molecule has 1 atom stereocenters. The number of nitrogens with one attached hydrogen (secondary N) is 1. The van der Waals surface area contributed by atoms with Gasteiger partial charge >= 0.3 is 0 Å². The van der Waals surface area contributed by atoms with Crippen LogP contribution in [0.1, 0.15) is 52.4 Å². The fourth-order valence-corrected chi connectivity index (χ4v) is 3.35. The molecule has 0 saturated heterocycles. The summed E-state index contributed by atoms with van der Waals surface area (Å²) in [7, 11) is 6.65. The van der Waals surface area contributed by atoms with E-state index in [2.05, 4.69) is 49.3 Å². The molecule has 4 heteroatoms. The number of nitriles is 1. The zero-order valence-corrected chi connectivity index (χ0v) is 14.7. The second kappa shape index (κ2) is 8.12. The van der Waals surface area contributed by atoms with Gasteiger partial charge in [-0.2, -0.15) is 5.26 Å². The molecular weight excluding hydrogens is 260 g/mol. The Morgan fingerprint density at radius 1 is 1.24 bits per heavy atom. The van der Waals surface area contributed by atoms with Gasteiger partial charge in [-0.25, -0.2) is 0 Å². The van der Waals surface area contributed by atoms with E-state index in [1.165, 1.54) is 32.2 Å². The van der Waals surface area contributed by atoms with E-state index in [1.807, 2.05) is 6.92 Å². The van der Waals surface area contributed by atoms with Crippen molar-refractivity contribution in [2.24, 2.45) is 0 Å². The average Bonchev–Trinajstić information content (AvgIpc) is 2.39. The molecule has 0 aromatic rings. The van der Waals surface area contributed by atoms with Crippen LogP contribution in [-0.4, -0.2) is 61.7 Å². The van der Waals surface area contributed by atoms with Gasteiger partial charge in [-0.15, -0.1) is 0 Å². The van der Waals surface area contributed by atoms with Crippen LogP contribution in [0.2, 0.25) is 0 Å². The summed E-state index contributed by atoms with van der Waals surface area (Å²) >= 11 is 0. The van der Waals surface area contributed by atoms with Gasteiger partial charge in [0, 0.05) is 12.1 Å². The maximum atomic E-state index is 9.25. The van der Waals surface area contributed by atoms with E-state index < -0.39 is 0 Å². The standard InChI is InChI=1S/C17H34N4/c1-6-19-16(2,14-18)10-7-8-13-21(5)15-17(20(3)4)11-9-12-17/h19H,6-13,15H2,1-5H3. The van der Waals surface area contributed by atoms with Gasteiger partial charge in [0.15, 0.2) is 0 Å². The molecule has 0 aromatic carbocycles. The number of nitrogens with zero attached hydrogens (tertiary/aromatic N) is 3. The van der Waals surface area contributed by atoms with Crippen molar-refractivity contribution in [2.45, 2.75) is 63.5 Å². The van der Waals surface area contributed by atoms with Gasteiger partial charge in [0.2, 0.25) is 0 Å². The first kappa shape index (κ1) is 18.4. The van der Waals surface area contributed by atoms with Crippen molar-refractivity contribution < 1.29 is 0 Å². The molecule has 122 valence electrons. The van der Waals surface area contributed by atoms with Crippen molar-refractivity contribution in [1.82, 2.24) is 15.1 Å². The van der Waals surface area contributed by atoms with Gasteiger partial charge in [-0.3, -0.25) is 5.32 Å². The summed E-state index contributed by atoms with van der Waals surface area (Å²) in [6.07, 6.45) is 7.24. The normalized spacial score (nSPS) is 20.1. The molecule has 0 amide bonds. The number of unbranched alkanes of at least 4 members (excludes halogenated alkanes) is 1. The third kappa shape index (κ3) is 5.25. The predicted octanol–water partition coefficient (Wildman–Crippen LogP) is 2.46. The lowest BCUT2D eigenvalue weighted by atomic mass is 9.75. The van der Waals surface area contributed by atoms with Gasteiger partial charge in [0.25, 0.3) is 0 Å². The minimum atomic E-state index is -0.355. The number of hydrogen-bond donors (Lipinski definition) is 1. The first-order chi connectivity index (χ1) is 9.87. The summed E-state index contributed by atoms with van der Waals surface area (Å²) in [6, 6.07) is 2.41. The SMILES string of the molecule is CCNC(C)(C#N)CCCCN(C)CC1(N(C)C)CCC1. The van der Waals surface area contributed by atoms with E-state index in [1.54, 1.807) is 0 Å². The molecule has 0 aliphatic heterocycles. The molecule has 1 fully saturated rings.